The van der Waals surface area contributed by atoms with E-state index in [4.69, 9.17) is 0 Å². The zero-order chi connectivity index (χ0) is 10.8. The number of rotatable bonds is 2. The van der Waals surface area contributed by atoms with Gasteiger partial charge in [-0.1, -0.05) is 46.4 Å². The van der Waals surface area contributed by atoms with E-state index < -0.39 is 0 Å². The van der Waals surface area contributed by atoms with Crippen molar-refractivity contribution in [2.75, 3.05) is 13.1 Å². The van der Waals surface area contributed by atoms with Crippen molar-refractivity contribution in [3.8, 4) is 0 Å². The molecule has 0 spiro atoms. The van der Waals surface area contributed by atoms with Gasteiger partial charge in [-0.05, 0) is 5.92 Å². The Morgan fingerprint density at radius 3 is 2.43 bits per heavy atom. The Hall–Kier alpha value is -0.180. The second-order valence-corrected chi connectivity index (χ2v) is 6.57. The van der Waals surface area contributed by atoms with Crippen LogP contribution >= 0.6 is 11.8 Å². The van der Waals surface area contributed by atoms with Crippen LogP contribution in [-0.2, 0) is 0 Å². The van der Waals surface area contributed by atoms with E-state index >= 15 is 0 Å². The number of thioether (sulfide) groups is 1. The monoisotopic (exact) mass is 214 g/mol. The van der Waals surface area contributed by atoms with Crippen molar-refractivity contribution in [3.05, 3.63) is 0 Å². The summed E-state index contributed by atoms with van der Waals surface area (Å²) < 4.78 is 0. The van der Waals surface area contributed by atoms with Gasteiger partial charge in [-0.25, -0.2) is 0 Å². The molecule has 2 nitrogen and oxygen atoms in total. The second-order valence-electron chi connectivity index (χ2n) is 5.21. The molecule has 1 aliphatic rings. The van der Waals surface area contributed by atoms with Crippen LogP contribution < -0.4 is 5.32 Å². The lowest BCUT2D eigenvalue weighted by Crippen LogP contribution is -2.40. The lowest BCUT2D eigenvalue weighted by Gasteiger charge is -2.30. The summed E-state index contributed by atoms with van der Waals surface area (Å²) in [4.78, 5) is 4.57. The molecule has 0 saturated heterocycles. The van der Waals surface area contributed by atoms with Gasteiger partial charge in [0, 0.05) is 23.8 Å². The highest BCUT2D eigenvalue weighted by molar-refractivity contribution is 8.14. The van der Waals surface area contributed by atoms with E-state index in [1.807, 2.05) is 11.8 Å². The normalized spacial score (nSPS) is 22.9. The van der Waals surface area contributed by atoms with Gasteiger partial charge < -0.3 is 5.32 Å². The van der Waals surface area contributed by atoms with Crippen LogP contribution in [0.1, 0.15) is 34.6 Å². The highest BCUT2D eigenvalue weighted by atomic mass is 32.2. The minimum Gasteiger partial charge on any atom is -0.364 e. The van der Waals surface area contributed by atoms with Gasteiger partial charge in [0.05, 0.1) is 0 Å². The van der Waals surface area contributed by atoms with Gasteiger partial charge in [-0.2, -0.15) is 0 Å². The number of hydrogen-bond acceptors (Lipinski definition) is 3. The third-order valence-corrected chi connectivity index (χ3v) is 4.02. The zero-order valence-corrected chi connectivity index (χ0v) is 10.7. The van der Waals surface area contributed by atoms with Crippen LogP contribution in [0, 0.1) is 11.3 Å². The van der Waals surface area contributed by atoms with E-state index in [9.17, 15) is 0 Å². The van der Waals surface area contributed by atoms with Gasteiger partial charge in [0.2, 0.25) is 0 Å². The summed E-state index contributed by atoms with van der Waals surface area (Å²) in [7, 11) is 0. The maximum absolute atomic E-state index is 4.57. The van der Waals surface area contributed by atoms with Crippen molar-refractivity contribution in [2.24, 2.45) is 16.3 Å². The zero-order valence-electron chi connectivity index (χ0n) is 9.92. The standard InChI is InChI=1S/C11H22N2S/c1-8(2)9(3)14-10-12-6-11(4,5)7-13-10/h8-9H,6-7H2,1-5H3,(H,12,13). The molecule has 0 fully saturated rings. The molecule has 0 radical (unpaired) electrons. The molecule has 3 heteroatoms. The Bertz CT molecular complexity index is 221. The Labute approximate surface area is 92.0 Å². The Balaban J connectivity index is 2.45. The molecule has 0 saturated carbocycles. The molecule has 0 aromatic heterocycles. The largest absolute Gasteiger partial charge is 0.364 e. The molecular formula is C11H22N2S. The number of nitrogens with one attached hydrogen (secondary N) is 1. The van der Waals surface area contributed by atoms with Crippen LogP contribution in [-0.4, -0.2) is 23.5 Å². The predicted octanol–water partition coefficient (Wildman–Crippen LogP) is 2.75. The molecule has 1 heterocycles. The predicted molar refractivity (Wildman–Crippen MR) is 66.0 cm³/mol. The first-order valence-corrected chi connectivity index (χ1v) is 6.24. The average Bonchev–Trinajstić information content (AvgIpc) is 2.08. The molecule has 82 valence electrons. The Kier molecular flexibility index (Phi) is 3.87. The molecule has 0 aromatic carbocycles. The van der Waals surface area contributed by atoms with E-state index in [0.717, 1.165) is 18.3 Å². The quantitative estimate of drug-likeness (QED) is 0.764. The van der Waals surface area contributed by atoms with Gasteiger partial charge in [0.1, 0.15) is 0 Å². The van der Waals surface area contributed by atoms with E-state index in [2.05, 4.69) is 44.9 Å². The fraction of sp³-hybridized carbons (Fsp3) is 0.909. The highest BCUT2D eigenvalue weighted by Gasteiger charge is 2.23. The topological polar surface area (TPSA) is 24.4 Å². The third kappa shape index (κ3) is 3.52. The van der Waals surface area contributed by atoms with Crippen LogP contribution in [0.5, 0.6) is 0 Å². The lowest BCUT2D eigenvalue weighted by atomic mass is 9.93. The van der Waals surface area contributed by atoms with Gasteiger partial charge in [-0.15, -0.1) is 0 Å². The summed E-state index contributed by atoms with van der Waals surface area (Å²) in [6.45, 7) is 13.3. The first-order valence-electron chi connectivity index (χ1n) is 5.36. The molecule has 0 aliphatic carbocycles. The van der Waals surface area contributed by atoms with E-state index in [0.29, 0.717) is 16.6 Å². The maximum atomic E-state index is 4.57. The molecule has 1 N–H and O–H groups in total. The fourth-order valence-corrected chi connectivity index (χ4v) is 2.02. The highest BCUT2D eigenvalue weighted by Crippen LogP contribution is 2.24. The Morgan fingerprint density at radius 2 is 2.00 bits per heavy atom. The molecule has 1 atom stereocenters. The van der Waals surface area contributed by atoms with Crippen LogP contribution in [0.2, 0.25) is 0 Å². The van der Waals surface area contributed by atoms with Crippen molar-refractivity contribution >= 4 is 16.9 Å². The van der Waals surface area contributed by atoms with Gasteiger partial charge in [-0.3, -0.25) is 4.99 Å². The first kappa shape index (κ1) is 11.9. The van der Waals surface area contributed by atoms with Gasteiger partial charge in [0.25, 0.3) is 0 Å². The van der Waals surface area contributed by atoms with Crippen LogP contribution in [0.15, 0.2) is 4.99 Å². The number of nitrogens with zero attached hydrogens (tertiary/aromatic N) is 1. The Morgan fingerprint density at radius 1 is 1.36 bits per heavy atom. The summed E-state index contributed by atoms with van der Waals surface area (Å²) in [6, 6.07) is 0. The summed E-state index contributed by atoms with van der Waals surface area (Å²) >= 11 is 1.87. The molecule has 1 aliphatic heterocycles. The van der Waals surface area contributed by atoms with E-state index in [-0.39, 0.29) is 0 Å². The van der Waals surface area contributed by atoms with Crippen LogP contribution in [0.4, 0.5) is 0 Å². The summed E-state index contributed by atoms with van der Waals surface area (Å²) in [5, 5.41) is 5.18. The fourth-order valence-electron chi connectivity index (χ4n) is 1.10. The summed E-state index contributed by atoms with van der Waals surface area (Å²) in [5.41, 5.74) is 0.325. The number of aliphatic imine (C=N–C) groups is 1. The number of amidine groups is 1. The van der Waals surface area contributed by atoms with Crippen molar-refractivity contribution in [1.29, 1.82) is 0 Å². The molecule has 0 bridgehead atoms. The molecule has 0 aromatic rings. The van der Waals surface area contributed by atoms with Gasteiger partial charge >= 0.3 is 0 Å². The first-order chi connectivity index (χ1) is 6.41. The smallest absolute Gasteiger partial charge is 0.156 e. The SMILES string of the molecule is CC(C)C(C)SC1=NCC(C)(C)CN1. The summed E-state index contributed by atoms with van der Waals surface area (Å²) in [6.07, 6.45) is 0. The maximum Gasteiger partial charge on any atom is 0.156 e. The van der Waals surface area contributed by atoms with Gasteiger partial charge in [0.15, 0.2) is 5.17 Å². The number of hydrogen-bond donors (Lipinski definition) is 1. The van der Waals surface area contributed by atoms with Crippen LogP contribution in [0.3, 0.4) is 0 Å². The van der Waals surface area contributed by atoms with E-state index in [1.54, 1.807) is 0 Å². The molecule has 1 unspecified atom stereocenters. The molecule has 1 rings (SSSR count). The van der Waals surface area contributed by atoms with Crippen molar-refractivity contribution in [1.82, 2.24) is 5.32 Å². The molecule has 14 heavy (non-hydrogen) atoms. The van der Waals surface area contributed by atoms with Crippen molar-refractivity contribution in [2.45, 2.75) is 39.9 Å². The average molecular weight is 214 g/mol. The van der Waals surface area contributed by atoms with Crippen molar-refractivity contribution < 1.29 is 0 Å². The van der Waals surface area contributed by atoms with E-state index in [1.165, 1.54) is 0 Å². The van der Waals surface area contributed by atoms with Crippen molar-refractivity contribution in [3.63, 3.8) is 0 Å². The van der Waals surface area contributed by atoms with Crippen LogP contribution in [0.25, 0.3) is 0 Å². The second kappa shape index (κ2) is 4.56. The third-order valence-electron chi connectivity index (χ3n) is 2.61. The minimum atomic E-state index is 0.325. The summed E-state index contributed by atoms with van der Waals surface area (Å²) in [5.74, 6) is 0.708. The minimum absolute atomic E-state index is 0.325. The lowest BCUT2D eigenvalue weighted by molar-refractivity contribution is 0.364. The molecular weight excluding hydrogens is 192 g/mol. The molecule has 0 amide bonds.